The van der Waals surface area contributed by atoms with Crippen LogP contribution in [0.2, 0.25) is 0 Å². The van der Waals surface area contributed by atoms with Crippen molar-refractivity contribution < 1.29 is 15.0 Å². The van der Waals surface area contributed by atoms with Crippen molar-refractivity contribution in [3.63, 3.8) is 0 Å². The molecule has 0 fully saturated rings. The van der Waals surface area contributed by atoms with E-state index in [9.17, 15) is 15.0 Å². The van der Waals surface area contributed by atoms with Gasteiger partial charge in [-0.2, -0.15) is 0 Å². The molecule has 0 radical (unpaired) electrons. The van der Waals surface area contributed by atoms with E-state index in [1.807, 2.05) is 32.0 Å². The van der Waals surface area contributed by atoms with Crippen LogP contribution in [0.1, 0.15) is 27.0 Å². The smallest absolute Gasteiger partial charge is 0.258 e. The number of amides is 1. The molecule has 1 aromatic carbocycles. The number of nitrogens with zero attached hydrogens (tertiary/aromatic N) is 3. The SMILES string of the molecule is Cc1cc(C)cc(NC(=O)c2cccnc2SCc2ccnc(-n3c(O)ccc3O)c2)c1. The summed E-state index contributed by atoms with van der Waals surface area (Å²) >= 11 is 1.43. The van der Waals surface area contributed by atoms with Gasteiger partial charge in [0.2, 0.25) is 0 Å². The van der Waals surface area contributed by atoms with Crippen molar-refractivity contribution in [2.24, 2.45) is 0 Å². The van der Waals surface area contributed by atoms with Crippen LogP contribution in [0.25, 0.3) is 5.82 Å². The summed E-state index contributed by atoms with van der Waals surface area (Å²) in [5, 5.41) is 23.4. The highest BCUT2D eigenvalue weighted by atomic mass is 32.2. The van der Waals surface area contributed by atoms with Gasteiger partial charge in [0.05, 0.1) is 5.56 Å². The fourth-order valence-electron chi connectivity index (χ4n) is 3.40. The number of thioether (sulfide) groups is 1. The molecule has 0 bridgehead atoms. The molecule has 1 amide bonds. The molecule has 0 saturated carbocycles. The van der Waals surface area contributed by atoms with Crippen LogP contribution in [0.5, 0.6) is 11.8 Å². The second-order valence-corrected chi connectivity index (χ2v) is 8.35. The highest BCUT2D eigenvalue weighted by molar-refractivity contribution is 7.98. The van der Waals surface area contributed by atoms with Crippen LogP contribution < -0.4 is 5.32 Å². The number of pyridine rings is 2. The van der Waals surface area contributed by atoms with Gasteiger partial charge < -0.3 is 15.5 Å². The van der Waals surface area contributed by atoms with Gasteiger partial charge in [0.15, 0.2) is 11.8 Å². The van der Waals surface area contributed by atoms with Gasteiger partial charge in [-0.25, -0.2) is 14.5 Å². The summed E-state index contributed by atoms with van der Waals surface area (Å²) in [6, 6.07) is 15.8. The van der Waals surface area contributed by atoms with Crippen LogP contribution in [0.3, 0.4) is 0 Å². The molecule has 4 aromatic rings. The van der Waals surface area contributed by atoms with Crippen molar-refractivity contribution in [2.45, 2.75) is 24.6 Å². The van der Waals surface area contributed by atoms with E-state index < -0.39 is 0 Å². The number of benzene rings is 1. The van der Waals surface area contributed by atoms with Gasteiger partial charge in [0.1, 0.15) is 10.8 Å². The summed E-state index contributed by atoms with van der Waals surface area (Å²) in [6.07, 6.45) is 3.26. The van der Waals surface area contributed by atoms with Crippen molar-refractivity contribution in [3.05, 3.63) is 89.2 Å². The molecule has 7 nitrogen and oxygen atoms in total. The van der Waals surface area contributed by atoms with Crippen molar-refractivity contribution in [3.8, 4) is 17.6 Å². The first kappa shape index (κ1) is 21.5. The van der Waals surface area contributed by atoms with Crippen LogP contribution >= 0.6 is 11.8 Å². The van der Waals surface area contributed by atoms with E-state index >= 15 is 0 Å². The van der Waals surface area contributed by atoms with Crippen LogP contribution in [-0.4, -0.2) is 30.7 Å². The Bertz CT molecular complexity index is 1250. The number of anilines is 1. The topological polar surface area (TPSA) is 100 Å². The molecule has 3 heterocycles. The standard InChI is InChI=1S/C24H22N4O3S/c1-15-10-16(2)12-18(11-15)27-23(31)19-4-3-8-26-24(19)32-14-17-7-9-25-20(13-17)28-21(29)5-6-22(28)30/h3-13,29-30H,14H2,1-2H3,(H,27,31). The van der Waals surface area contributed by atoms with Gasteiger partial charge in [-0.05, 0) is 66.9 Å². The lowest BCUT2D eigenvalue weighted by molar-refractivity contribution is 0.102. The fourth-order valence-corrected chi connectivity index (χ4v) is 4.33. The van der Waals surface area contributed by atoms with Crippen LogP contribution in [0.15, 0.2) is 72.0 Å². The molecule has 3 aromatic heterocycles. The molecule has 0 aliphatic rings. The molecular weight excluding hydrogens is 424 g/mol. The zero-order valence-electron chi connectivity index (χ0n) is 17.6. The molecule has 8 heteroatoms. The number of hydrogen-bond donors (Lipinski definition) is 3. The van der Waals surface area contributed by atoms with Gasteiger partial charge in [-0.3, -0.25) is 4.79 Å². The Morgan fingerprint density at radius 3 is 2.41 bits per heavy atom. The van der Waals surface area contributed by atoms with E-state index in [0.29, 0.717) is 22.2 Å². The van der Waals surface area contributed by atoms with Crippen LogP contribution in [-0.2, 0) is 5.75 Å². The molecule has 0 spiro atoms. The predicted octanol–water partition coefficient (Wildman–Crippen LogP) is 4.84. The second kappa shape index (κ2) is 9.15. The maximum Gasteiger partial charge on any atom is 0.258 e. The maximum atomic E-state index is 12.9. The minimum Gasteiger partial charge on any atom is -0.494 e. The molecule has 32 heavy (non-hydrogen) atoms. The largest absolute Gasteiger partial charge is 0.494 e. The molecule has 0 saturated heterocycles. The Hall–Kier alpha value is -3.78. The van der Waals surface area contributed by atoms with Crippen molar-refractivity contribution in [1.29, 1.82) is 0 Å². The monoisotopic (exact) mass is 446 g/mol. The Balaban J connectivity index is 1.52. The number of carbonyl (C=O) groups is 1. The summed E-state index contributed by atoms with van der Waals surface area (Å²) in [6.45, 7) is 3.98. The third kappa shape index (κ3) is 4.76. The molecule has 0 unspecified atom stereocenters. The average molecular weight is 447 g/mol. The number of aromatic nitrogens is 3. The summed E-state index contributed by atoms with van der Waals surface area (Å²) in [5.41, 5.74) is 4.30. The quantitative estimate of drug-likeness (QED) is 0.367. The summed E-state index contributed by atoms with van der Waals surface area (Å²) < 4.78 is 1.25. The maximum absolute atomic E-state index is 12.9. The lowest BCUT2D eigenvalue weighted by atomic mass is 10.1. The van der Waals surface area contributed by atoms with Gasteiger partial charge >= 0.3 is 0 Å². The van der Waals surface area contributed by atoms with Crippen molar-refractivity contribution in [2.75, 3.05) is 5.32 Å². The van der Waals surface area contributed by atoms with Crippen LogP contribution in [0.4, 0.5) is 5.69 Å². The Morgan fingerprint density at radius 2 is 1.69 bits per heavy atom. The number of aryl methyl sites for hydroxylation is 2. The number of carbonyl (C=O) groups excluding carboxylic acids is 1. The Kier molecular flexibility index (Phi) is 6.13. The molecule has 0 aliphatic heterocycles. The highest BCUT2D eigenvalue weighted by Gasteiger charge is 2.15. The summed E-state index contributed by atoms with van der Waals surface area (Å²) in [5.74, 6) is 0.504. The Morgan fingerprint density at radius 1 is 0.969 bits per heavy atom. The number of rotatable bonds is 6. The van der Waals surface area contributed by atoms with E-state index in [-0.39, 0.29) is 17.7 Å². The third-order valence-electron chi connectivity index (χ3n) is 4.75. The molecule has 4 rings (SSSR count). The van der Waals surface area contributed by atoms with Gasteiger partial charge in [-0.15, -0.1) is 11.8 Å². The number of aromatic hydroxyl groups is 2. The zero-order valence-corrected chi connectivity index (χ0v) is 18.4. The average Bonchev–Trinajstić information content (AvgIpc) is 3.10. The summed E-state index contributed by atoms with van der Waals surface area (Å²) in [7, 11) is 0. The second-order valence-electron chi connectivity index (χ2n) is 7.38. The van der Waals surface area contributed by atoms with E-state index in [2.05, 4.69) is 21.4 Å². The first-order valence-corrected chi connectivity index (χ1v) is 10.9. The molecule has 3 N–H and O–H groups in total. The normalized spacial score (nSPS) is 10.8. The molecule has 162 valence electrons. The van der Waals surface area contributed by atoms with Gasteiger partial charge in [0, 0.05) is 36.0 Å². The van der Waals surface area contributed by atoms with Crippen molar-refractivity contribution in [1.82, 2.24) is 14.5 Å². The number of hydrogen-bond acceptors (Lipinski definition) is 6. The van der Waals surface area contributed by atoms with E-state index in [1.165, 1.54) is 28.5 Å². The number of nitrogens with one attached hydrogen (secondary N) is 1. The van der Waals surface area contributed by atoms with E-state index in [0.717, 1.165) is 22.4 Å². The first-order valence-electron chi connectivity index (χ1n) is 9.93. The predicted molar refractivity (Wildman–Crippen MR) is 125 cm³/mol. The molecular formula is C24H22N4O3S. The highest BCUT2D eigenvalue weighted by Crippen LogP contribution is 2.28. The Labute approximate surface area is 189 Å². The lowest BCUT2D eigenvalue weighted by Crippen LogP contribution is -2.14. The lowest BCUT2D eigenvalue weighted by Gasteiger charge is -2.11. The minimum absolute atomic E-state index is 0.102. The van der Waals surface area contributed by atoms with Gasteiger partial charge in [0.25, 0.3) is 5.91 Å². The fraction of sp³-hybridized carbons (Fsp3) is 0.125. The third-order valence-corrected chi connectivity index (χ3v) is 5.83. The van der Waals surface area contributed by atoms with Crippen LogP contribution in [0, 0.1) is 13.8 Å². The minimum atomic E-state index is -0.219. The van der Waals surface area contributed by atoms with Gasteiger partial charge in [-0.1, -0.05) is 6.07 Å². The first-order chi connectivity index (χ1) is 15.4. The molecule has 0 atom stereocenters. The molecule has 0 aliphatic carbocycles. The zero-order chi connectivity index (χ0) is 22.7. The summed E-state index contributed by atoms with van der Waals surface area (Å²) in [4.78, 5) is 21.5. The van der Waals surface area contributed by atoms with Crippen molar-refractivity contribution >= 4 is 23.4 Å². The van der Waals surface area contributed by atoms with E-state index in [1.54, 1.807) is 30.6 Å². The van der Waals surface area contributed by atoms with E-state index in [4.69, 9.17) is 0 Å².